The number of halogens is 3. The summed E-state index contributed by atoms with van der Waals surface area (Å²) < 4.78 is 0. The van der Waals surface area contributed by atoms with Crippen molar-refractivity contribution >= 4 is 37.6 Å². The van der Waals surface area contributed by atoms with Crippen LogP contribution in [-0.4, -0.2) is 10.8 Å². The summed E-state index contributed by atoms with van der Waals surface area (Å²) >= 11 is 6.40. The van der Waals surface area contributed by atoms with E-state index in [1.807, 2.05) is 0 Å². The third-order valence-corrected chi connectivity index (χ3v) is 7.32. The molecule has 0 N–H and O–H groups in total. The normalized spacial score (nSPS) is 20.7. The second-order valence-electron chi connectivity index (χ2n) is 4.82. The average Bonchev–Trinajstić information content (AvgIpc) is 2.18. The van der Waals surface area contributed by atoms with Gasteiger partial charge >= 0.3 is 35.0 Å². The summed E-state index contributed by atoms with van der Waals surface area (Å²) in [4.78, 5) is 0. The molecule has 0 radical (unpaired) electrons. The van der Waals surface area contributed by atoms with Crippen LogP contribution < -0.4 is 0 Å². The van der Waals surface area contributed by atoms with Gasteiger partial charge in [-0.05, 0) is 30.9 Å². The van der Waals surface area contributed by atoms with E-state index < -0.39 is 0 Å². The zero-order valence-corrected chi connectivity index (χ0v) is 14.2. The Morgan fingerprint density at radius 1 is 1.07 bits per heavy atom. The van der Waals surface area contributed by atoms with Crippen molar-refractivity contribution in [1.29, 1.82) is 0 Å². The Labute approximate surface area is 116 Å². The van der Waals surface area contributed by atoms with Gasteiger partial charge in [0, 0.05) is 0 Å². The molecule has 0 spiro atoms. The third-order valence-electron chi connectivity index (χ3n) is 2.54. The van der Waals surface area contributed by atoms with E-state index in [0.29, 0.717) is 5.16 Å². The molecule has 0 aliphatic heterocycles. The van der Waals surface area contributed by atoms with E-state index in [0.717, 1.165) is 5.66 Å². The Hall–Kier alpha value is 1.96. The van der Waals surface area contributed by atoms with E-state index >= 15 is 0 Å². The summed E-state index contributed by atoms with van der Waals surface area (Å²) in [5, 5.41) is 0.346. The summed E-state index contributed by atoms with van der Waals surface area (Å²) in [7, 11) is 9.36. The van der Waals surface area contributed by atoms with E-state index in [4.69, 9.17) is 30.3 Å². The van der Waals surface area contributed by atoms with Gasteiger partial charge in [0.15, 0.2) is 0 Å². The zero-order valence-electron chi connectivity index (χ0n) is 9.51. The molecule has 0 heterocycles. The maximum atomic E-state index is 6.50. The summed E-state index contributed by atoms with van der Waals surface area (Å²) in [5.74, 6) is 0. The Morgan fingerprint density at radius 2 is 1.47 bits per heavy atom. The number of hydrogen-bond acceptors (Lipinski definition) is 0. The van der Waals surface area contributed by atoms with Crippen LogP contribution in [0.3, 0.4) is 0 Å². The van der Waals surface area contributed by atoms with E-state index in [1.54, 1.807) is 0 Å². The van der Waals surface area contributed by atoms with Crippen molar-refractivity contribution in [2.75, 3.05) is 0 Å². The fourth-order valence-corrected chi connectivity index (χ4v) is 4.35. The van der Waals surface area contributed by atoms with Crippen LogP contribution in [0.4, 0.5) is 0 Å². The molecular formula is C10H20Cl3PPd. The van der Waals surface area contributed by atoms with Gasteiger partial charge in [0.2, 0.25) is 0 Å². The van der Waals surface area contributed by atoms with Gasteiger partial charge in [0.25, 0.3) is 0 Å². The first-order valence-electron chi connectivity index (χ1n) is 5.21. The van der Waals surface area contributed by atoms with E-state index in [-0.39, 0.29) is 23.2 Å². The second-order valence-corrected chi connectivity index (χ2v) is 11.0. The Bertz CT molecular complexity index is 155. The molecule has 1 atom stereocenters. The molecule has 0 aromatic heterocycles. The van der Waals surface area contributed by atoms with Gasteiger partial charge in [-0.1, -0.05) is 51.3 Å². The minimum atomic E-state index is -0.268. The van der Waals surface area contributed by atoms with Gasteiger partial charge in [-0.3, -0.25) is 0 Å². The van der Waals surface area contributed by atoms with Crippen molar-refractivity contribution in [3.63, 3.8) is 0 Å². The molecule has 1 saturated carbocycles. The van der Waals surface area contributed by atoms with Crippen LogP contribution in [0, 0.1) is 0 Å². The van der Waals surface area contributed by atoms with Crippen LogP contribution in [0.25, 0.3) is 0 Å². The van der Waals surface area contributed by atoms with E-state index in [9.17, 15) is 0 Å². The summed E-state index contributed by atoms with van der Waals surface area (Å²) in [6.07, 6.45) is 7.01. The van der Waals surface area contributed by atoms with Crippen LogP contribution in [0.2, 0.25) is 0 Å². The quantitative estimate of drug-likeness (QED) is 0.377. The van der Waals surface area contributed by atoms with Crippen molar-refractivity contribution in [2.24, 2.45) is 0 Å². The fraction of sp³-hybridized carbons (Fsp3) is 1.00. The Balaban J connectivity index is 0.000000583. The predicted molar refractivity (Wildman–Crippen MR) is 71.1 cm³/mol. The SMILES string of the molecule is CC(C)(C)P(Cl)C1CCCCC1.[Cl][Pd][Cl]. The van der Waals surface area contributed by atoms with Crippen LogP contribution in [0.1, 0.15) is 52.9 Å². The molecule has 1 aliphatic carbocycles. The van der Waals surface area contributed by atoms with Crippen LogP contribution in [-0.2, 0) is 15.9 Å². The van der Waals surface area contributed by atoms with Gasteiger partial charge in [0.05, 0.1) is 0 Å². The van der Waals surface area contributed by atoms with Gasteiger partial charge in [-0.25, -0.2) is 0 Å². The molecule has 96 valence electrons. The molecule has 1 aliphatic rings. The van der Waals surface area contributed by atoms with E-state index in [2.05, 4.69) is 20.8 Å². The van der Waals surface area contributed by atoms with Crippen molar-refractivity contribution in [3.05, 3.63) is 0 Å². The van der Waals surface area contributed by atoms with Crippen molar-refractivity contribution in [1.82, 2.24) is 0 Å². The molecule has 0 saturated heterocycles. The molecule has 0 amide bonds. The molecule has 1 rings (SSSR count). The molecule has 0 aromatic rings. The fourth-order valence-electron chi connectivity index (χ4n) is 1.86. The van der Waals surface area contributed by atoms with Crippen LogP contribution >= 0.6 is 37.6 Å². The van der Waals surface area contributed by atoms with Gasteiger partial charge in [-0.2, -0.15) is 0 Å². The molecule has 5 heteroatoms. The average molecular weight is 384 g/mol. The topological polar surface area (TPSA) is 0 Å². The van der Waals surface area contributed by atoms with Crippen molar-refractivity contribution in [3.8, 4) is 0 Å². The molecule has 15 heavy (non-hydrogen) atoms. The summed E-state index contributed by atoms with van der Waals surface area (Å²) in [5.41, 5.74) is 0.843. The number of rotatable bonds is 1. The predicted octanol–water partition coefficient (Wildman–Crippen LogP) is 6.13. The van der Waals surface area contributed by atoms with Crippen LogP contribution in [0.5, 0.6) is 0 Å². The molecule has 0 aromatic carbocycles. The summed E-state index contributed by atoms with van der Waals surface area (Å²) in [6, 6.07) is 0. The molecular weight excluding hydrogens is 364 g/mol. The van der Waals surface area contributed by atoms with E-state index in [1.165, 1.54) is 32.1 Å². The van der Waals surface area contributed by atoms with Gasteiger partial charge in [-0.15, -0.1) is 0 Å². The Morgan fingerprint density at radius 3 is 1.80 bits per heavy atom. The first kappa shape index (κ1) is 17.0. The van der Waals surface area contributed by atoms with Crippen LogP contribution in [0.15, 0.2) is 0 Å². The van der Waals surface area contributed by atoms with Gasteiger partial charge in [0.1, 0.15) is 0 Å². The zero-order chi connectivity index (χ0) is 11.9. The third kappa shape index (κ3) is 7.81. The monoisotopic (exact) mass is 382 g/mol. The molecule has 0 nitrogen and oxygen atoms in total. The first-order valence-corrected chi connectivity index (χ1v) is 11.5. The maximum absolute atomic E-state index is 6.50. The van der Waals surface area contributed by atoms with Crippen molar-refractivity contribution < 1.29 is 15.9 Å². The van der Waals surface area contributed by atoms with Gasteiger partial charge < -0.3 is 0 Å². The summed E-state index contributed by atoms with van der Waals surface area (Å²) in [6.45, 7) is 6.83. The second kappa shape index (κ2) is 8.97. The standard InChI is InChI=1S/C10H20ClP.2ClH.Pd/c1-10(2,3)12(11)9-7-5-4-6-8-9;;;/h9H,4-8H2,1-3H3;2*1H;/q;;;+2/p-2. The number of hydrogen-bond donors (Lipinski definition) is 0. The Kier molecular flexibility index (Phi) is 10.1. The minimum absolute atomic E-state index is 0.106. The molecule has 1 fully saturated rings. The van der Waals surface area contributed by atoms with Crippen molar-refractivity contribution in [2.45, 2.75) is 63.7 Å². The molecule has 1 unspecified atom stereocenters. The molecule has 0 bridgehead atoms. The first-order chi connectivity index (χ1) is 6.93.